The molecule has 6 nitrogen and oxygen atoms in total. The average Bonchev–Trinajstić information content (AvgIpc) is 2.97. The molecule has 2 heterocycles. The normalized spacial score (nSPS) is 48.3. The third kappa shape index (κ3) is 4.75. The maximum atomic E-state index is 13.9. The van der Waals surface area contributed by atoms with Crippen LogP contribution in [0.25, 0.3) is 0 Å². The summed E-state index contributed by atoms with van der Waals surface area (Å²) >= 11 is 0. The molecule has 2 aliphatic rings. The second kappa shape index (κ2) is 9.56. The number of hydrogen-bond acceptors (Lipinski definition) is 6. The first-order chi connectivity index (χ1) is 24.8. The Balaban J connectivity index is 2.55. The molecule has 0 aliphatic carbocycles. The van der Waals surface area contributed by atoms with E-state index in [1.165, 1.54) is 0 Å². The van der Waals surface area contributed by atoms with Gasteiger partial charge in [0.05, 0.1) is 23.7 Å². The van der Waals surface area contributed by atoms with Gasteiger partial charge in [-0.15, -0.1) is 0 Å². The van der Waals surface area contributed by atoms with Gasteiger partial charge in [-0.2, -0.15) is 0 Å². The number of fused-ring (bicyclic) bond motifs is 3. The molecule has 3 unspecified atom stereocenters. The van der Waals surface area contributed by atoms with Crippen LogP contribution in [0.5, 0.6) is 11.5 Å². The molecular weight excluding hydrogens is 380 g/mol. The van der Waals surface area contributed by atoms with E-state index in [9.17, 15) is 6.17 Å². The van der Waals surface area contributed by atoms with Gasteiger partial charge in [-0.3, -0.25) is 9.69 Å². The second-order valence-electron chi connectivity index (χ2n) is 6.33. The largest absolute Gasteiger partial charge is 0.493 e. The highest BCUT2D eigenvalue weighted by molar-refractivity contribution is 5.76. The molecular formula is C24H38N2O4. The molecule has 168 valence electrons. The molecule has 2 aliphatic heterocycles. The number of rotatable bonds is 7. The van der Waals surface area contributed by atoms with Crippen molar-refractivity contribution in [3.63, 3.8) is 0 Å². The molecule has 6 heteroatoms. The lowest BCUT2D eigenvalue weighted by Crippen LogP contribution is -2.51. The van der Waals surface area contributed by atoms with Gasteiger partial charge >= 0.3 is 5.97 Å². The monoisotopic (exact) mass is 445 g/mol. The summed E-state index contributed by atoms with van der Waals surface area (Å²) in [6.45, 7) is -21.8. The molecule has 0 bridgehead atoms. The molecule has 30 heavy (non-hydrogen) atoms. The van der Waals surface area contributed by atoms with Crippen molar-refractivity contribution in [1.29, 1.82) is 0 Å². The van der Waals surface area contributed by atoms with Crippen molar-refractivity contribution in [2.24, 2.45) is 23.4 Å². The molecule has 0 aromatic heterocycles. The zero-order valence-electron chi connectivity index (χ0n) is 42.7. The predicted octanol–water partition coefficient (Wildman–Crippen LogP) is 3.56. The highest BCUT2D eigenvalue weighted by atomic mass is 16.5. The van der Waals surface area contributed by atoms with E-state index in [2.05, 4.69) is 0 Å². The Hall–Kier alpha value is -1.79. The average molecular weight is 446 g/mol. The summed E-state index contributed by atoms with van der Waals surface area (Å²) in [4.78, 5) is 14.2. The molecule has 1 fully saturated rings. The van der Waals surface area contributed by atoms with Crippen molar-refractivity contribution in [3.05, 3.63) is 23.2 Å². The highest BCUT2D eigenvalue weighted by Crippen LogP contribution is 2.44. The van der Waals surface area contributed by atoms with Crippen LogP contribution in [0.4, 0.5) is 0 Å². The molecule has 3 rings (SSSR count). The zero-order valence-corrected chi connectivity index (χ0v) is 15.7. The molecule has 4 atom stereocenters. The number of nitrogens with zero attached hydrogens (tertiary/aromatic N) is 1. The summed E-state index contributed by atoms with van der Waals surface area (Å²) in [7, 11) is -2.52. The van der Waals surface area contributed by atoms with Crippen molar-refractivity contribution < 1.29 is 56.0 Å². The van der Waals surface area contributed by atoms with E-state index in [1.807, 2.05) is 0 Å². The first-order valence-corrected chi connectivity index (χ1v) is 8.51. The quantitative estimate of drug-likeness (QED) is 0.647. The third-order valence-corrected chi connectivity index (χ3v) is 4.50. The van der Waals surface area contributed by atoms with Gasteiger partial charge in [-0.1, -0.05) is 27.4 Å². The van der Waals surface area contributed by atoms with E-state index < -0.39 is 143 Å². The SMILES string of the molecule is [2H]c1c(OC)c(OC([2H])([2H])[2H])c([2H])c2c1C1CC([2H])(OC(=O)[C@@]([2H])(N)C([2H])(C([2H])([2H])[2H])C([2H])([2H])[2H])C(C([2H])([2H])C([2H])(C([2H])([2H])[2H])C([2H])([2H])[2H])CN1C([2H])([2H])C2([2H])[2H]. The first-order valence-electron chi connectivity index (χ1n) is 22.0. The number of esters is 1. The smallest absolute Gasteiger partial charge is 0.323 e. The van der Waals surface area contributed by atoms with Crippen molar-refractivity contribution in [3.8, 4) is 11.5 Å². The molecule has 1 aromatic carbocycles. The summed E-state index contributed by atoms with van der Waals surface area (Å²) in [6.07, 6.45) is -13.1. The van der Waals surface area contributed by atoms with Crippen LogP contribution in [-0.2, 0) is 15.9 Å². The minimum Gasteiger partial charge on any atom is -0.493 e. The second-order valence-corrected chi connectivity index (χ2v) is 6.33. The summed E-state index contributed by atoms with van der Waals surface area (Å²) in [5, 5.41) is 0. The number of methoxy groups -OCH3 is 2. The van der Waals surface area contributed by atoms with Gasteiger partial charge in [0, 0.05) is 58.8 Å². The minimum atomic E-state index is -4.33. The molecule has 2 N–H and O–H groups in total. The molecule has 0 saturated carbocycles. The fourth-order valence-electron chi connectivity index (χ4n) is 3.11. The Morgan fingerprint density at radius 2 is 2.23 bits per heavy atom. The predicted molar refractivity (Wildman–Crippen MR) is 118 cm³/mol. The van der Waals surface area contributed by atoms with Crippen LogP contribution in [0.2, 0.25) is 0 Å². The molecule has 1 saturated heterocycles. The maximum Gasteiger partial charge on any atom is 0.323 e. The van der Waals surface area contributed by atoms with Gasteiger partial charge in [-0.25, -0.2) is 0 Å². The van der Waals surface area contributed by atoms with Crippen LogP contribution in [0.3, 0.4) is 0 Å². The number of benzene rings is 1. The lowest BCUT2D eigenvalue weighted by molar-refractivity contribution is -0.160. The number of carbonyl (C=O) groups excluding carboxylic acids is 1. The molecule has 0 radical (unpaired) electrons. The first kappa shape index (κ1) is 6.38. The van der Waals surface area contributed by atoms with Crippen LogP contribution in [0.15, 0.2) is 12.1 Å². The van der Waals surface area contributed by atoms with Gasteiger partial charge < -0.3 is 19.9 Å². The van der Waals surface area contributed by atoms with Crippen LogP contribution in [0, 0.1) is 17.7 Å². The summed E-state index contributed by atoms with van der Waals surface area (Å²) in [6, 6.07) is -8.68. The van der Waals surface area contributed by atoms with E-state index >= 15 is 0 Å². The number of hydrogen-bond donors (Lipinski definition) is 1. The van der Waals surface area contributed by atoms with Crippen molar-refractivity contribution in [2.75, 3.05) is 27.2 Å². The molecule has 0 spiro atoms. The fraction of sp³-hybridized carbons (Fsp3) is 0.708. The number of carbonyl (C=O) groups is 1. The van der Waals surface area contributed by atoms with Crippen molar-refractivity contribution in [1.82, 2.24) is 4.90 Å². The zero-order chi connectivity index (χ0) is 45.3. The van der Waals surface area contributed by atoms with Gasteiger partial charge in [0.25, 0.3) is 0 Å². The van der Waals surface area contributed by atoms with Gasteiger partial charge in [-0.05, 0) is 47.7 Å². The Labute approximate surface area is 219 Å². The van der Waals surface area contributed by atoms with Gasteiger partial charge in [0.15, 0.2) is 11.5 Å². The molecule has 1 aromatic rings. The maximum absolute atomic E-state index is 13.9. The van der Waals surface area contributed by atoms with Crippen molar-refractivity contribution >= 4 is 5.97 Å². The van der Waals surface area contributed by atoms with E-state index in [-0.39, 0.29) is 0 Å². The Morgan fingerprint density at radius 1 is 1.43 bits per heavy atom. The van der Waals surface area contributed by atoms with Crippen LogP contribution in [-0.4, -0.2) is 50.2 Å². The van der Waals surface area contributed by atoms with Crippen molar-refractivity contribution in [2.45, 2.75) is 64.7 Å². The highest BCUT2D eigenvalue weighted by Gasteiger charge is 2.41. The number of ether oxygens (including phenoxy) is 3. The topological polar surface area (TPSA) is 74.0 Å². The van der Waals surface area contributed by atoms with E-state index in [0.717, 1.165) is 7.11 Å². The van der Waals surface area contributed by atoms with Gasteiger partial charge in [0.1, 0.15) is 12.1 Å². The Kier molecular flexibility index (Phi) is 2.03. The third-order valence-electron chi connectivity index (χ3n) is 4.50. The fourth-order valence-corrected chi connectivity index (χ4v) is 3.11. The van der Waals surface area contributed by atoms with E-state index in [1.54, 1.807) is 0 Å². The number of piperidine rings is 1. The lowest BCUT2D eigenvalue weighted by Gasteiger charge is -2.47. The van der Waals surface area contributed by atoms with E-state index in [0.29, 0.717) is 4.90 Å². The van der Waals surface area contributed by atoms with Crippen LogP contribution in [0.1, 0.15) is 94.4 Å². The number of nitrogens with two attached hydrogens (primary N) is 1. The summed E-state index contributed by atoms with van der Waals surface area (Å²) < 4.78 is 237. The van der Waals surface area contributed by atoms with Gasteiger partial charge in [0.2, 0.25) is 0 Å². The van der Waals surface area contributed by atoms with Crippen LogP contribution < -0.4 is 15.2 Å². The lowest BCUT2D eigenvalue weighted by atomic mass is 9.79. The summed E-state index contributed by atoms with van der Waals surface area (Å²) in [5.41, 5.74) is 3.70. The Morgan fingerprint density at radius 3 is 2.93 bits per heavy atom. The minimum absolute atomic E-state index is 0.342. The summed E-state index contributed by atoms with van der Waals surface area (Å²) in [5.74, 6) is -16.2. The standard InChI is InChI=1S/C24H38N2O4/c1-14(2)9-17-13-26-8-7-16-10-21(28-5)22(29-6)11-18(16)19(26)12-20(17)30-24(27)23(25)15(3)4/h10-11,14-15,17,19-20,23H,7-9,12-13,25H2,1-6H3/t17?,19?,20?,23-/m0/s1/i1D3,2D3,3D3,4D3,5D3,7D2,8D2,9D2,10D,11D,14D,15D,20D,23D. The molecule has 0 amide bonds. The Bertz CT molecular complexity index is 1720. The van der Waals surface area contributed by atoms with Crippen LogP contribution >= 0.6 is 0 Å². The van der Waals surface area contributed by atoms with E-state index in [4.69, 9.17) is 55.6 Å².